The second-order valence-electron chi connectivity index (χ2n) is 8.71. The van der Waals surface area contributed by atoms with Gasteiger partial charge < -0.3 is 14.8 Å². The summed E-state index contributed by atoms with van der Waals surface area (Å²) in [6, 6.07) is 0. The van der Waals surface area contributed by atoms with Crippen molar-refractivity contribution in [2.24, 2.45) is 5.92 Å². The van der Waals surface area contributed by atoms with Gasteiger partial charge in [0.25, 0.3) is 11.1 Å². The lowest BCUT2D eigenvalue weighted by atomic mass is 10.0. The number of aromatic nitrogens is 1. The van der Waals surface area contributed by atoms with Crippen LogP contribution in [0.15, 0.2) is 30.4 Å². The van der Waals surface area contributed by atoms with Crippen LogP contribution in [0.3, 0.4) is 0 Å². The zero-order valence-corrected chi connectivity index (χ0v) is 18.9. The van der Waals surface area contributed by atoms with Crippen molar-refractivity contribution >= 4 is 17.2 Å². The van der Waals surface area contributed by atoms with Gasteiger partial charge in [0, 0.05) is 12.1 Å². The minimum atomic E-state index is -0.397. The van der Waals surface area contributed by atoms with Crippen LogP contribution in [0.25, 0.3) is 0 Å². The fourth-order valence-electron chi connectivity index (χ4n) is 3.12. The number of nitrogens with one attached hydrogen (secondary N) is 1. The van der Waals surface area contributed by atoms with Gasteiger partial charge in [-0.25, -0.2) is 4.98 Å². The summed E-state index contributed by atoms with van der Waals surface area (Å²) in [5.41, 5.74) is -0.415. The number of hydrogen-bond acceptors (Lipinski definition) is 6. The maximum atomic E-state index is 12.2. The highest BCUT2D eigenvalue weighted by molar-refractivity contribution is 7.15. The first-order valence-electron chi connectivity index (χ1n) is 9.72. The van der Waals surface area contributed by atoms with Crippen molar-refractivity contribution in [3.05, 3.63) is 35.2 Å². The van der Waals surface area contributed by atoms with E-state index >= 15 is 0 Å². The molecule has 1 fully saturated rings. The van der Waals surface area contributed by atoms with Crippen molar-refractivity contribution in [1.29, 1.82) is 0 Å². The molecule has 0 bridgehead atoms. The number of nitrogens with zero attached hydrogens (tertiary/aromatic N) is 2. The van der Waals surface area contributed by atoms with Crippen LogP contribution in [0.5, 0.6) is 5.19 Å². The molecule has 28 heavy (non-hydrogen) atoms. The van der Waals surface area contributed by atoms with Crippen LogP contribution in [0.1, 0.15) is 64.6 Å². The molecule has 0 unspecified atom stereocenters. The quantitative estimate of drug-likeness (QED) is 0.408. The molecule has 0 atom stereocenters. The van der Waals surface area contributed by atoms with Crippen LogP contribution < -0.4 is 10.1 Å². The van der Waals surface area contributed by atoms with Crippen molar-refractivity contribution in [2.75, 3.05) is 13.1 Å². The van der Waals surface area contributed by atoms with E-state index in [4.69, 9.17) is 9.47 Å². The van der Waals surface area contributed by atoms with Crippen molar-refractivity contribution in [2.45, 2.75) is 66.2 Å². The van der Waals surface area contributed by atoms with Crippen LogP contribution in [-0.4, -0.2) is 40.1 Å². The van der Waals surface area contributed by atoms with E-state index in [1.54, 1.807) is 12.5 Å². The first-order chi connectivity index (χ1) is 13.0. The average Bonchev–Trinajstić information content (AvgIpc) is 3.15. The lowest BCUT2D eigenvalue weighted by molar-refractivity contribution is -0.0735. The predicted octanol–water partition coefficient (Wildman–Crippen LogP) is 4.56. The highest BCUT2D eigenvalue weighted by Gasteiger charge is 2.43. The summed E-state index contributed by atoms with van der Waals surface area (Å²) in [6.45, 7) is 16.1. The highest BCUT2D eigenvalue weighted by atomic mass is 32.1. The van der Waals surface area contributed by atoms with Crippen LogP contribution in [-0.2, 0) is 4.74 Å². The van der Waals surface area contributed by atoms with E-state index in [0.717, 1.165) is 12.2 Å². The Morgan fingerprint density at radius 2 is 2.18 bits per heavy atom. The van der Waals surface area contributed by atoms with Crippen LogP contribution in [0, 0.1) is 5.92 Å². The summed E-state index contributed by atoms with van der Waals surface area (Å²) >= 11 is 1.22. The molecule has 156 valence electrons. The van der Waals surface area contributed by atoms with Crippen molar-refractivity contribution in [1.82, 2.24) is 15.2 Å². The van der Waals surface area contributed by atoms with Gasteiger partial charge in [-0.2, -0.15) is 0 Å². The number of allylic oxidation sites excluding steroid dienone is 1. The number of carbonyl (C=O) groups excluding carboxylic acids is 1. The second kappa shape index (κ2) is 9.09. The van der Waals surface area contributed by atoms with E-state index < -0.39 is 5.72 Å². The third-order valence-electron chi connectivity index (χ3n) is 4.27. The van der Waals surface area contributed by atoms with E-state index in [-0.39, 0.29) is 11.4 Å². The van der Waals surface area contributed by atoms with Crippen LogP contribution in [0.2, 0.25) is 0 Å². The molecule has 1 aliphatic rings. The summed E-state index contributed by atoms with van der Waals surface area (Å²) in [5, 5.41) is 3.32. The van der Waals surface area contributed by atoms with Crippen LogP contribution >= 0.6 is 11.3 Å². The zero-order valence-electron chi connectivity index (χ0n) is 18.0. The Labute approximate surface area is 172 Å². The van der Waals surface area contributed by atoms with Crippen LogP contribution in [0.4, 0.5) is 0 Å². The molecule has 0 aromatic carbocycles. The summed E-state index contributed by atoms with van der Waals surface area (Å²) < 4.78 is 11.7. The number of amides is 1. The number of thiazole rings is 1. The van der Waals surface area contributed by atoms with Gasteiger partial charge in [-0.3, -0.25) is 9.69 Å². The fourth-order valence-corrected chi connectivity index (χ4v) is 3.78. The monoisotopic (exact) mass is 407 g/mol. The predicted molar refractivity (Wildman–Crippen MR) is 113 cm³/mol. The van der Waals surface area contributed by atoms with Gasteiger partial charge in [0.05, 0.1) is 12.7 Å². The van der Waals surface area contributed by atoms with Gasteiger partial charge in [-0.15, -0.1) is 0 Å². The molecule has 2 heterocycles. The van der Waals surface area contributed by atoms with Gasteiger partial charge in [0.1, 0.15) is 16.9 Å². The minimum absolute atomic E-state index is 0.0180. The second-order valence-corrected chi connectivity index (χ2v) is 9.71. The number of ether oxygens (including phenoxy) is 2. The van der Waals surface area contributed by atoms with E-state index in [1.807, 2.05) is 13.8 Å². The normalized spacial score (nSPS) is 18.8. The van der Waals surface area contributed by atoms with Crippen molar-refractivity contribution < 1.29 is 14.3 Å². The average molecular weight is 408 g/mol. The van der Waals surface area contributed by atoms with E-state index in [9.17, 15) is 4.79 Å². The Balaban J connectivity index is 1.88. The molecule has 0 saturated carbocycles. The summed E-state index contributed by atoms with van der Waals surface area (Å²) in [7, 11) is 0. The molecule has 1 N–H and O–H groups in total. The zero-order chi connectivity index (χ0) is 20.9. The molecule has 7 heteroatoms. The molecule has 1 saturated heterocycles. The summed E-state index contributed by atoms with van der Waals surface area (Å²) in [6.07, 6.45) is 8.16. The van der Waals surface area contributed by atoms with Gasteiger partial charge in [0.15, 0.2) is 5.72 Å². The Hall–Kier alpha value is -1.86. The van der Waals surface area contributed by atoms with Crippen molar-refractivity contribution in [3.8, 4) is 5.19 Å². The molecular weight excluding hydrogens is 374 g/mol. The Morgan fingerprint density at radius 1 is 1.46 bits per heavy atom. The van der Waals surface area contributed by atoms with E-state index in [2.05, 4.69) is 62.0 Å². The van der Waals surface area contributed by atoms with Crippen molar-refractivity contribution in [3.63, 3.8) is 0 Å². The Bertz CT molecular complexity index is 729. The third kappa shape index (κ3) is 6.34. The Kier molecular flexibility index (Phi) is 7.28. The number of carbonyl (C=O) groups is 1. The Morgan fingerprint density at radius 3 is 2.79 bits per heavy atom. The minimum Gasteiger partial charge on any atom is -0.473 e. The van der Waals surface area contributed by atoms with Gasteiger partial charge in [0.2, 0.25) is 0 Å². The maximum absolute atomic E-state index is 12.2. The fraction of sp³-hybridized carbons (Fsp3) is 0.619. The molecule has 0 spiro atoms. The lowest BCUT2D eigenvalue weighted by Crippen LogP contribution is -2.50. The SMILES string of the molecule is CC(C)/C=C/CCNC(=O)c1cnc(OC=C2CN(C(C)(C)C)C(C)(C)O2)s1. The lowest BCUT2D eigenvalue weighted by Gasteiger charge is -2.39. The topological polar surface area (TPSA) is 63.7 Å². The molecule has 1 aliphatic heterocycles. The van der Waals surface area contributed by atoms with E-state index in [1.165, 1.54) is 11.3 Å². The summed E-state index contributed by atoms with van der Waals surface area (Å²) in [4.78, 5) is 19.2. The standard InChI is InChI=1S/C21H33N3O3S/c1-15(2)10-8-9-11-22-18(25)17-12-23-19(28-17)26-14-16-13-24(20(3,4)5)21(6,7)27-16/h8,10,12,14-15H,9,11,13H2,1-7H3,(H,22,25)/b10-8+,16-14?. The molecule has 6 nitrogen and oxygen atoms in total. The van der Waals surface area contributed by atoms with Gasteiger partial charge in [-0.1, -0.05) is 37.3 Å². The highest BCUT2D eigenvalue weighted by Crippen LogP contribution is 2.35. The molecule has 1 amide bonds. The molecule has 2 rings (SSSR count). The first-order valence-corrected chi connectivity index (χ1v) is 10.5. The maximum Gasteiger partial charge on any atom is 0.278 e. The smallest absolute Gasteiger partial charge is 0.278 e. The largest absolute Gasteiger partial charge is 0.473 e. The van der Waals surface area contributed by atoms with Gasteiger partial charge >= 0.3 is 0 Å². The molecular formula is C21H33N3O3S. The first kappa shape index (κ1) is 22.4. The molecule has 1 aromatic rings. The molecule has 0 radical (unpaired) electrons. The summed E-state index contributed by atoms with van der Waals surface area (Å²) in [5.74, 6) is 1.14. The molecule has 0 aliphatic carbocycles. The molecule has 1 aromatic heterocycles. The van der Waals surface area contributed by atoms with Gasteiger partial charge in [-0.05, 0) is 47.0 Å². The number of hydrogen-bond donors (Lipinski definition) is 1. The van der Waals surface area contributed by atoms with E-state index in [0.29, 0.717) is 29.1 Å². The number of rotatable bonds is 7. The third-order valence-corrected chi connectivity index (χ3v) is 5.16.